The van der Waals surface area contributed by atoms with Gasteiger partial charge < -0.3 is 14.6 Å². The Morgan fingerprint density at radius 1 is 1.20 bits per heavy atom. The zero-order chi connectivity index (χ0) is 21.5. The first-order valence-electron chi connectivity index (χ1n) is 8.93. The highest BCUT2D eigenvalue weighted by molar-refractivity contribution is 7.99. The van der Waals surface area contributed by atoms with Gasteiger partial charge in [-0.05, 0) is 49.4 Å². The topological polar surface area (TPSA) is 92.8 Å². The van der Waals surface area contributed by atoms with E-state index >= 15 is 0 Å². The first kappa shape index (κ1) is 22.0. The molecule has 0 saturated heterocycles. The summed E-state index contributed by atoms with van der Waals surface area (Å²) in [6, 6.07) is 13.8. The quantitative estimate of drug-likeness (QED) is 0.484. The van der Waals surface area contributed by atoms with E-state index in [1.807, 2.05) is 17.6 Å². The third-order valence-corrected chi connectivity index (χ3v) is 5.45. The molecule has 0 spiro atoms. The van der Waals surface area contributed by atoms with Gasteiger partial charge in [0.25, 0.3) is 0 Å². The largest absolute Gasteiger partial charge is 0.486 e. The molecule has 7 nitrogen and oxygen atoms in total. The number of anilines is 1. The zero-order valence-corrected chi connectivity index (χ0v) is 18.3. The van der Waals surface area contributed by atoms with Gasteiger partial charge in [0.2, 0.25) is 5.91 Å². The van der Waals surface area contributed by atoms with E-state index in [0.29, 0.717) is 44.6 Å². The number of hydrogen-bond donors (Lipinski definition) is 1. The lowest BCUT2D eigenvalue weighted by Gasteiger charge is -2.09. The Kier molecular flexibility index (Phi) is 7.57. The predicted octanol–water partition coefficient (Wildman–Crippen LogP) is 4.79. The van der Waals surface area contributed by atoms with Crippen molar-refractivity contribution in [2.24, 2.45) is 0 Å². The summed E-state index contributed by atoms with van der Waals surface area (Å²) in [4.78, 5) is 12.3. The highest BCUT2D eigenvalue weighted by atomic mass is 35.5. The number of amides is 1. The molecule has 0 aliphatic rings. The summed E-state index contributed by atoms with van der Waals surface area (Å²) in [5.74, 6) is 1.15. The van der Waals surface area contributed by atoms with Gasteiger partial charge in [-0.25, -0.2) is 0 Å². The van der Waals surface area contributed by atoms with Crippen LogP contribution in [0.3, 0.4) is 0 Å². The molecule has 10 heteroatoms. The average molecular weight is 462 g/mol. The molecule has 3 rings (SSSR count). The molecule has 0 radical (unpaired) electrons. The first-order valence-corrected chi connectivity index (χ1v) is 10.7. The lowest BCUT2D eigenvalue weighted by Crippen LogP contribution is -2.15. The fourth-order valence-corrected chi connectivity index (χ4v) is 3.68. The van der Waals surface area contributed by atoms with Gasteiger partial charge in [-0.1, -0.05) is 35.0 Å². The molecule has 0 aliphatic carbocycles. The molecule has 0 bridgehead atoms. The Balaban J connectivity index is 1.60. The molecule has 0 fully saturated rings. The van der Waals surface area contributed by atoms with Gasteiger partial charge in [-0.15, -0.1) is 10.2 Å². The van der Waals surface area contributed by atoms with E-state index in [2.05, 4.69) is 15.5 Å². The second-order valence-electron chi connectivity index (χ2n) is 6.02. The number of halogens is 2. The zero-order valence-electron chi connectivity index (χ0n) is 15.9. The summed E-state index contributed by atoms with van der Waals surface area (Å²) in [5, 5.41) is 21.9. The number of nitrogens with one attached hydrogen (secondary N) is 1. The fourth-order valence-electron chi connectivity index (χ4n) is 2.56. The van der Waals surface area contributed by atoms with E-state index in [1.54, 1.807) is 42.5 Å². The Morgan fingerprint density at radius 3 is 2.63 bits per heavy atom. The van der Waals surface area contributed by atoms with Crippen molar-refractivity contribution in [1.82, 2.24) is 14.8 Å². The Labute approximate surface area is 188 Å². The van der Waals surface area contributed by atoms with Crippen molar-refractivity contribution >= 4 is 46.6 Å². The van der Waals surface area contributed by atoms with Crippen molar-refractivity contribution in [3.8, 4) is 11.8 Å². The minimum Gasteiger partial charge on any atom is -0.486 e. The maximum Gasteiger partial charge on any atom is 0.234 e. The van der Waals surface area contributed by atoms with Crippen LogP contribution in [0, 0.1) is 11.3 Å². The molecule has 0 aliphatic heterocycles. The summed E-state index contributed by atoms with van der Waals surface area (Å²) in [6.07, 6.45) is 0. The normalized spacial score (nSPS) is 10.5. The molecule has 3 aromatic rings. The molecule has 1 heterocycles. The van der Waals surface area contributed by atoms with E-state index in [0.717, 1.165) is 0 Å². The van der Waals surface area contributed by atoms with Crippen molar-refractivity contribution < 1.29 is 9.53 Å². The van der Waals surface area contributed by atoms with E-state index < -0.39 is 0 Å². The van der Waals surface area contributed by atoms with Crippen LogP contribution in [0.5, 0.6) is 5.75 Å². The smallest absolute Gasteiger partial charge is 0.234 e. The van der Waals surface area contributed by atoms with Crippen molar-refractivity contribution in [3.63, 3.8) is 0 Å². The molecule has 0 unspecified atom stereocenters. The monoisotopic (exact) mass is 461 g/mol. The summed E-state index contributed by atoms with van der Waals surface area (Å²) < 4.78 is 7.61. The number of nitriles is 1. The number of benzene rings is 2. The predicted molar refractivity (Wildman–Crippen MR) is 117 cm³/mol. The van der Waals surface area contributed by atoms with E-state index in [4.69, 9.17) is 33.2 Å². The number of ether oxygens (including phenoxy) is 1. The lowest BCUT2D eigenvalue weighted by atomic mass is 10.2. The van der Waals surface area contributed by atoms with Gasteiger partial charge in [0.1, 0.15) is 18.4 Å². The van der Waals surface area contributed by atoms with Gasteiger partial charge in [0.05, 0.1) is 17.0 Å². The van der Waals surface area contributed by atoms with Gasteiger partial charge >= 0.3 is 0 Å². The minimum atomic E-state index is -0.275. The molecule has 0 saturated carbocycles. The molecule has 1 N–H and O–H groups in total. The molecule has 1 aromatic heterocycles. The molecule has 30 heavy (non-hydrogen) atoms. The van der Waals surface area contributed by atoms with Crippen molar-refractivity contribution in [2.45, 2.75) is 25.2 Å². The molecular formula is C20H17Cl2N5O2S. The fraction of sp³-hybridized carbons (Fsp3) is 0.200. The minimum absolute atomic E-state index is 0.105. The molecule has 1 amide bonds. The summed E-state index contributed by atoms with van der Waals surface area (Å²) in [7, 11) is 0. The van der Waals surface area contributed by atoms with E-state index in [1.165, 1.54) is 11.8 Å². The highest BCUT2D eigenvalue weighted by Gasteiger charge is 2.15. The van der Waals surface area contributed by atoms with Crippen molar-refractivity contribution in [3.05, 3.63) is 63.9 Å². The maximum atomic E-state index is 12.3. The SMILES string of the molecule is CCn1c(COc2ccc(Cl)cc2)nnc1SCC(=O)Nc1cc(Cl)ccc1C#N. The second-order valence-corrected chi connectivity index (χ2v) is 7.84. The standard InChI is InChI=1S/C20H17Cl2N5O2S/c1-2-27-18(11-29-16-7-5-14(21)6-8-16)25-26-20(27)30-12-19(28)24-17-9-15(22)4-3-13(17)10-23/h3-9H,2,11-12H2,1H3,(H,24,28). The third-order valence-electron chi connectivity index (χ3n) is 4.00. The first-order chi connectivity index (χ1) is 14.5. The number of nitrogens with zero attached hydrogens (tertiary/aromatic N) is 4. The average Bonchev–Trinajstić information content (AvgIpc) is 3.14. The van der Waals surface area contributed by atoms with Crippen molar-refractivity contribution in [1.29, 1.82) is 5.26 Å². The van der Waals surface area contributed by atoms with Gasteiger partial charge in [-0.3, -0.25) is 4.79 Å². The maximum absolute atomic E-state index is 12.3. The van der Waals surface area contributed by atoms with Crippen LogP contribution >= 0.6 is 35.0 Å². The number of thioether (sulfide) groups is 1. The molecule has 154 valence electrons. The van der Waals surface area contributed by atoms with E-state index in [9.17, 15) is 4.79 Å². The summed E-state index contributed by atoms with van der Waals surface area (Å²) in [6.45, 7) is 2.83. The Bertz CT molecular complexity index is 1080. The molecule has 0 atom stereocenters. The lowest BCUT2D eigenvalue weighted by molar-refractivity contribution is -0.113. The van der Waals surface area contributed by atoms with Crippen LogP contribution in [0.2, 0.25) is 10.0 Å². The van der Waals surface area contributed by atoms with Crippen LogP contribution in [0.1, 0.15) is 18.3 Å². The van der Waals surface area contributed by atoms with Crippen LogP contribution in [0.25, 0.3) is 0 Å². The Morgan fingerprint density at radius 2 is 1.93 bits per heavy atom. The van der Waals surface area contributed by atoms with Gasteiger partial charge in [0, 0.05) is 16.6 Å². The van der Waals surface area contributed by atoms with Crippen LogP contribution in [-0.2, 0) is 17.9 Å². The number of hydrogen-bond acceptors (Lipinski definition) is 6. The van der Waals surface area contributed by atoms with Crippen LogP contribution < -0.4 is 10.1 Å². The second kappa shape index (κ2) is 10.3. The summed E-state index contributed by atoms with van der Waals surface area (Å²) >= 11 is 13.1. The molecule has 2 aromatic carbocycles. The van der Waals surface area contributed by atoms with Crippen molar-refractivity contribution in [2.75, 3.05) is 11.1 Å². The molecular weight excluding hydrogens is 445 g/mol. The number of aromatic nitrogens is 3. The van der Waals surface area contributed by atoms with Crippen LogP contribution in [0.4, 0.5) is 5.69 Å². The number of rotatable bonds is 8. The highest BCUT2D eigenvalue weighted by Crippen LogP contribution is 2.23. The van der Waals surface area contributed by atoms with Crippen LogP contribution in [-0.4, -0.2) is 26.4 Å². The van der Waals surface area contributed by atoms with Crippen LogP contribution in [0.15, 0.2) is 47.6 Å². The Hall–Kier alpha value is -2.73. The number of carbonyl (C=O) groups is 1. The van der Waals surface area contributed by atoms with Gasteiger partial charge in [-0.2, -0.15) is 5.26 Å². The third kappa shape index (κ3) is 5.66. The van der Waals surface area contributed by atoms with E-state index in [-0.39, 0.29) is 18.3 Å². The summed E-state index contributed by atoms with van der Waals surface area (Å²) in [5.41, 5.74) is 0.723. The van der Waals surface area contributed by atoms with Gasteiger partial charge in [0.15, 0.2) is 11.0 Å². The number of carbonyl (C=O) groups excluding carboxylic acids is 1.